The minimum Gasteiger partial charge on any atom is -0.870 e. The van der Waals surface area contributed by atoms with E-state index in [0.717, 1.165) is 135 Å². The van der Waals surface area contributed by atoms with Crippen molar-refractivity contribution in [2.45, 2.75) is 114 Å². The molecule has 0 spiro atoms. The maximum Gasteiger partial charge on any atom is 1.00 e. The third-order valence-electron chi connectivity index (χ3n) is 14.8. The van der Waals surface area contributed by atoms with Crippen LogP contribution in [0.5, 0.6) is 11.5 Å². The SMILES string of the molecule is COC(=O)c1ccc(COc2ccc3c(c2)CCN(C2CCN(C4CCC4)CC2)C3=O)cc1.O=C(O)c1ccc(COc2ccc3c(c2)CCN(C2CCN(C4CCC4)CC2)C3=O)cc1.[Na+].[OH-]. The van der Waals surface area contributed by atoms with Gasteiger partial charge in [-0.2, -0.15) is 0 Å². The summed E-state index contributed by atoms with van der Waals surface area (Å²) in [6.45, 7) is 6.81. The van der Waals surface area contributed by atoms with Gasteiger partial charge in [-0.3, -0.25) is 9.59 Å². The molecular formula is C53H63N4NaO9. The number of piperidine rings is 2. The van der Waals surface area contributed by atoms with Crippen molar-refractivity contribution in [2.75, 3.05) is 46.4 Å². The largest absolute Gasteiger partial charge is 1.00 e. The number of rotatable bonds is 12. The molecule has 10 rings (SSSR count). The Morgan fingerprint density at radius 1 is 0.552 bits per heavy atom. The molecule has 13 nitrogen and oxygen atoms in total. The number of methoxy groups -OCH3 is 1. The number of esters is 1. The average Bonchev–Trinajstić information content (AvgIpc) is 3.30. The second kappa shape index (κ2) is 23.0. The number of hydrogen-bond donors (Lipinski definition) is 1. The van der Waals surface area contributed by atoms with Crippen molar-refractivity contribution in [3.63, 3.8) is 0 Å². The summed E-state index contributed by atoms with van der Waals surface area (Å²) < 4.78 is 16.6. The van der Waals surface area contributed by atoms with Gasteiger partial charge in [-0.15, -0.1) is 0 Å². The fourth-order valence-electron chi connectivity index (χ4n) is 10.4. The summed E-state index contributed by atoms with van der Waals surface area (Å²) in [6.07, 6.45) is 14.2. The van der Waals surface area contributed by atoms with E-state index in [2.05, 4.69) is 19.6 Å². The topological polar surface area (TPSA) is 159 Å². The Balaban J connectivity index is 0.000000193. The number of likely N-dealkylation sites (tertiary alicyclic amines) is 2. The van der Waals surface area contributed by atoms with E-state index < -0.39 is 5.97 Å². The minimum atomic E-state index is -0.935. The standard InChI is InChI=1S/C27H32N2O4.C26H30N2O4.Na.H2O/c1-32-27(31)20-7-5-19(6-8-20)18-33-24-9-10-25-21(17-24)11-16-29(26(25)30)23-12-14-28(15-13-23)22-3-2-4-22;29-25-24-9-8-23(32-17-18-4-6-19(7-5-18)26(30)31)16-20(24)10-15-28(25)22-11-13-27(14-12-22)21-2-1-3-21;;/h5-10,17,22-23H,2-4,11-16,18H2,1H3;4-9,16,21-22H,1-3,10-15,17H2,(H,30,31);;1H2/q;;+1;/p-1. The van der Waals surface area contributed by atoms with Gasteiger partial charge in [0.05, 0.1) is 18.2 Å². The van der Waals surface area contributed by atoms with E-state index in [9.17, 15) is 19.2 Å². The minimum absolute atomic E-state index is 0. The third-order valence-corrected chi connectivity index (χ3v) is 14.8. The van der Waals surface area contributed by atoms with Crippen molar-refractivity contribution in [2.24, 2.45) is 0 Å². The van der Waals surface area contributed by atoms with Crippen molar-refractivity contribution < 1.29 is 73.5 Å². The quantitative estimate of drug-likeness (QED) is 0.153. The zero-order chi connectivity index (χ0) is 44.9. The maximum atomic E-state index is 13.2. The van der Waals surface area contributed by atoms with E-state index in [0.29, 0.717) is 30.9 Å². The van der Waals surface area contributed by atoms with Gasteiger partial charge in [0, 0.05) is 74.6 Å². The first-order chi connectivity index (χ1) is 31.7. The van der Waals surface area contributed by atoms with Gasteiger partial charge in [0.2, 0.25) is 0 Å². The molecule has 2 saturated heterocycles. The number of carboxylic acids is 1. The van der Waals surface area contributed by atoms with Crippen molar-refractivity contribution in [1.82, 2.24) is 19.6 Å². The number of benzene rings is 4. The summed E-state index contributed by atoms with van der Waals surface area (Å²) >= 11 is 0. The average molecular weight is 923 g/mol. The number of ether oxygens (including phenoxy) is 3. The van der Waals surface area contributed by atoms with E-state index in [1.807, 2.05) is 48.5 Å². The first-order valence-corrected chi connectivity index (χ1v) is 23.8. The zero-order valence-electron chi connectivity index (χ0n) is 39.1. The molecule has 4 aromatic carbocycles. The smallest absolute Gasteiger partial charge is 0.870 e. The van der Waals surface area contributed by atoms with Crippen LogP contribution >= 0.6 is 0 Å². The molecule has 67 heavy (non-hydrogen) atoms. The number of fused-ring (bicyclic) bond motifs is 2. The molecule has 0 unspecified atom stereocenters. The van der Waals surface area contributed by atoms with Gasteiger partial charge in [-0.1, -0.05) is 37.1 Å². The molecule has 14 heteroatoms. The molecule has 6 aliphatic rings. The Kier molecular flexibility index (Phi) is 17.2. The summed E-state index contributed by atoms with van der Waals surface area (Å²) in [5.74, 6) is 0.545. The van der Waals surface area contributed by atoms with E-state index in [1.165, 1.54) is 45.6 Å². The molecule has 0 aromatic heterocycles. The fourth-order valence-corrected chi connectivity index (χ4v) is 10.4. The Morgan fingerprint density at radius 2 is 0.955 bits per heavy atom. The van der Waals surface area contributed by atoms with Crippen LogP contribution in [0.15, 0.2) is 84.9 Å². The van der Waals surface area contributed by atoms with Crippen molar-refractivity contribution >= 4 is 23.8 Å². The van der Waals surface area contributed by atoms with Crippen molar-refractivity contribution in [3.05, 3.63) is 129 Å². The van der Waals surface area contributed by atoms with Gasteiger partial charge < -0.3 is 44.4 Å². The summed E-state index contributed by atoms with van der Waals surface area (Å²) in [7, 11) is 1.37. The number of nitrogens with zero attached hydrogens (tertiary/aromatic N) is 4. The molecule has 2 aliphatic carbocycles. The molecule has 0 atom stereocenters. The fraction of sp³-hybridized carbons (Fsp3) is 0.472. The van der Waals surface area contributed by atoms with Gasteiger partial charge in [0.25, 0.3) is 11.8 Å². The molecule has 2 amide bonds. The van der Waals surface area contributed by atoms with Crippen LogP contribution in [0, 0.1) is 0 Å². The molecule has 4 aliphatic heterocycles. The van der Waals surface area contributed by atoms with Crippen LogP contribution in [0.25, 0.3) is 0 Å². The Labute approximate surface area is 416 Å². The molecular weight excluding hydrogens is 860 g/mol. The number of carbonyl (C=O) groups is 4. The predicted molar refractivity (Wildman–Crippen MR) is 249 cm³/mol. The van der Waals surface area contributed by atoms with Crippen LogP contribution in [0.2, 0.25) is 0 Å². The zero-order valence-corrected chi connectivity index (χ0v) is 41.1. The Hall–Kier alpha value is -4.76. The number of hydrogen-bond acceptors (Lipinski definition) is 10. The second-order valence-corrected chi connectivity index (χ2v) is 18.6. The van der Waals surface area contributed by atoms with E-state index in [4.69, 9.17) is 19.3 Å². The normalized spacial score (nSPS) is 19.2. The van der Waals surface area contributed by atoms with Crippen LogP contribution in [0.3, 0.4) is 0 Å². The first-order valence-electron chi connectivity index (χ1n) is 23.8. The number of amides is 2. The van der Waals surface area contributed by atoms with E-state index in [1.54, 1.807) is 36.4 Å². The van der Waals surface area contributed by atoms with Gasteiger partial charge in [0.1, 0.15) is 24.7 Å². The van der Waals surface area contributed by atoms with Crippen LogP contribution in [-0.2, 0) is 30.8 Å². The van der Waals surface area contributed by atoms with Gasteiger partial charge in [-0.25, -0.2) is 9.59 Å². The van der Waals surface area contributed by atoms with Crippen molar-refractivity contribution in [3.8, 4) is 11.5 Å². The molecule has 350 valence electrons. The van der Waals surface area contributed by atoms with Crippen LogP contribution in [0.1, 0.15) is 128 Å². The maximum absolute atomic E-state index is 13.2. The monoisotopic (exact) mass is 922 g/mol. The Morgan fingerprint density at radius 3 is 1.31 bits per heavy atom. The molecule has 2 saturated carbocycles. The molecule has 0 bridgehead atoms. The Bertz CT molecular complexity index is 2340. The summed E-state index contributed by atoms with van der Waals surface area (Å²) in [5, 5.41) is 9.00. The summed E-state index contributed by atoms with van der Waals surface area (Å²) in [4.78, 5) is 58.4. The van der Waals surface area contributed by atoms with E-state index in [-0.39, 0.29) is 58.4 Å². The molecule has 4 aromatic rings. The van der Waals surface area contributed by atoms with Crippen LogP contribution in [0.4, 0.5) is 0 Å². The van der Waals surface area contributed by atoms with Crippen LogP contribution in [-0.4, -0.2) is 124 Å². The molecule has 4 fully saturated rings. The molecule has 0 radical (unpaired) electrons. The molecule has 2 N–H and O–H groups in total. The molecule has 4 heterocycles. The second-order valence-electron chi connectivity index (χ2n) is 18.6. The number of carboxylic acid groups (broad SMARTS) is 1. The summed E-state index contributed by atoms with van der Waals surface area (Å²) in [6, 6.07) is 27.8. The van der Waals surface area contributed by atoms with Gasteiger partial charge >= 0.3 is 41.5 Å². The third kappa shape index (κ3) is 11.8. The van der Waals surface area contributed by atoms with E-state index >= 15 is 0 Å². The van der Waals surface area contributed by atoms with Crippen molar-refractivity contribution in [1.29, 1.82) is 0 Å². The number of carbonyl (C=O) groups excluding carboxylic acids is 3. The van der Waals surface area contributed by atoms with Gasteiger partial charge in [-0.05, 0) is 147 Å². The predicted octanol–water partition coefficient (Wildman–Crippen LogP) is 4.87. The van der Waals surface area contributed by atoms with Gasteiger partial charge in [0.15, 0.2) is 0 Å². The number of aromatic carboxylic acids is 1. The van der Waals surface area contributed by atoms with Crippen LogP contribution < -0.4 is 39.0 Å². The first kappa shape index (κ1) is 50.1. The summed E-state index contributed by atoms with van der Waals surface area (Å²) in [5.41, 5.74) is 6.40.